The second kappa shape index (κ2) is 5.41. The van der Waals surface area contributed by atoms with Crippen LogP contribution in [0.25, 0.3) is 10.9 Å². The average molecular weight is 304 g/mol. The Kier molecular flexibility index (Phi) is 3.59. The Morgan fingerprint density at radius 2 is 1.90 bits per heavy atom. The lowest BCUT2D eigenvalue weighted by atomic mass is 10.1. The van der Waals surface area contributed by atoms with Gasteiger partial charge in [-0.05, 0) is 42.1 Å². The highest BCUT2D eigenvalue weighted by molar-refractivity contribution is 7.10. The number of halogens is 2. The van der Waals surface area contributed by atoms with E-state index in [1.165, 1.54) is 16.6 Å². The van der Waals surface area contributed by atoms with Crippen LogP contribution in [0.3, 0.4) is 0 Å². The third-order valence-electron chi connectivity index (χ3n) is 3.53. The van der Waals surface area contributed by atoms with Gasteiger partial charge in [0.15, 0.2) is 0 Å². The molecule has 0 fully saturated rings. The van der Waals surface area contributed by atoms with E-state index in [0.717, 1.165) is 12.1 Å². The number of fused-ring (bicyclic) bond motifs is 1. The molecule has 1 aromatic carbocycles. The van der Waals surface area contributed by atoms with Crippen LogP contribution < -0.4 is 4.90 Å². The van der Waals surface area contributed by atoms with Crippen molar-refractivity contribution in [2.24, 2.45) is 0 Å². The van der Waals surface area contributed by atoms with Gasteiger partial charge in [-0.3, -0.25) is 4.98 Å². The largest absolute Gasteiger partial charge is 0.369 e. The zero-order valence-electron chi connectivity index (χ0n) is 11.7. The molecule has 3 aromatic rings. The van der Waals surface area contributed by atoms with E-state index in [9.17, 15) is 8.78 Å². The summed E-state index contributed by atoms with van der Waals surface area (Å²) in [7, 11) is 1.87. The molecule has 0 radical (unpaired) electrons. The van der Waals surface area contributed by atoms with E-state index in [4.69, 9.17) is 0 Å². The molecule has 2 aromatic heterocycles. The fourth-order valence-electron chi connectivity index (χ4n) is 2.36. The van der Waals surface area contributed by atoms with Gasteiger partial charge in [0.2, 0.25) is 0 Å². The van der Waals surface area contributed by atoms with Crippen LogP contribution in [0.5, 0.6) is 0 Å². The Bertz CT molecular complexity index is 798. The Balaban J connectivity index is 2.08. The maximum atomic E-state index is 14.1. The molecule has 0 spiro atoms. The molecular weight excluding hydrogens is 290 g/mol. The number of rotatable bonds is 3. The quantitative estimate of drug-likeness (QED) is 0.707. The van der Waals surface area contributed by atoms with Gasteiger partial charge in [-0.15, -0.1) is 11.3 Å². The van der Waals surface area contributed by atoms with Crippen LogP contribution in [0, 0.1) is 18.6 Å². The second-order valence-corrected chi connectivity index (χ2v) is 5.97. The molecule has 0 aliphatic rings. The van der Waals surface area contributed by atoms with Crippen LogP contribution in [0.2, 0.25) is 0 Å². The van der Waals surface area contributed by atoms with E-state index in [0.29, 0.717) is 12.2 Å². The molecule has 0 saturated heterocycles. The first-order valence-electron chi connectivity index (χ1n) is 6.54. The van der Waals surface area contributed by atoms with Gasteiger partial charge >= 0.3 is 0 Å². The molecule has 0 bridgehead atoms. The van der Waals surface area contributed by atoms with Crippen LogP contribution in [-0.2, 0) is 6.54 Å². The minimum absolute atomic E-state index is 0.0715. The van der Waals surface area contributed by atoms with Gasteiger partial charge in [0, 0.05) is 18.1 Å². The second-order valence-electron chi connectivity index (χ2n) is 4.97. The predicted molar refractivity (Wildman–Crippen MR) is 82.8 cm³/mol. The number of benzene rings is 1. The lowest BCUT2D eigenvalue weighted by Crippen LogP contribution is -2.17. The maximum Gasteiger partial charge on any atom is 0.149 e. The first-order chi connectivity index (χ1) is 10.1. The summed E-state index contributed by atoms with van der Waals surface area (Å²) >= 11 is 1.66. The van der Waals surface area contributed by atoms with Crippen molar-refractivity contribution < 1.29 is 8.78 Å². The summed E-state index contributed by atoms with van der Waals surface area (Å²) in [6, 6.07) is 6.03. The van der Waals surface area contributed by atoms with Gasteiger partial charge in [0.25, 0.3) is 0 Å². The monoisotopic (exact) mass is 304 g/mol. The number of anilines is 1. The lowest BCUT2D eigenvalue weighted by molar-refractivity contribution is 0.615. The number of pyridine rings is 1. The zero-order chi connectivity index (χ0) is 15.0. The third-order valence-corrected chi connectivity index (χ3v) is 4.54. The Hall–Kier alpha value is -2.01. The molecule has 0 N–H and O–H groups in total. The van der Waals surface area contributed by atoms with Crippen molar-refractivity contribution >= 4 is 27.9 Å². The van der Waals surface area contributed by atoms with Gasteiger partial charge in [0.1, 0.15) is 17.2 Å². The average Bonchev–Trinajstić information content (AvgIpc) is 2.88. The summed E-state index contributed by atoms with van der Waals surface area (Å²) in [5.74, 6) is -0.960. The minimum Gasteiger partial charge on any atom is -0.369 e. The Morgan fingerprint density at radius 3 is 2.62 bits per heavy atom. The molecular formula is C16H14F2N2S. The number of aromatic nitrogens is 1. The van der Waals surface area contributed by atoms with Crippen molar-refractivity contribution in [3.8, 4) is 0 Å². The summed E-state index contributed by atoms with van der Waals surface area (Å²) in [6.07, 6.45) is 1.51. The molecule has 2 heterocycles. The van der Waals surface area contributed by atoms with Crippen LogP contribution in [-0.4, -0.2) is 12.0 Å². The van der Waals surface area contributed by atoms with Crippen LogP contribution in [0.1, 0.15) is 10.4 Å². The fourth-order valence-corrected chi connectivity index (χ4v) is 3.32. The van der Waals surface area contributed by atoms with Gasteiger partial charge in [0.05, 0.1) is 17.6 Å². The maximum absolute atomic E-state index is 14.1. The van der Waals surface area contributed by atoms with E-state index in [1.54, 1.807) is 17.4 Å². The lowest BCUT2D eigenvalue weighted by Gasteiger charge is -2.21. The van der Waals surface area contributed by atoms with Crippen molar-refractivity contribution in [1.29, 1.82) is 0 Å². The van der Waals surface area contributed by atoms with Gasteiger partial charge < -0.3 is 4.90 Å². The molecule has 108 valence electrons. The third kappa shape index (κ3) is 2.49. The summed E-state index contributed by atoms with van der Waals surface area (Å²) in [5.41, 5.74) is 1.92. The zero-order valence-corrected chi connectivity index (χ0v) is 12.5. The number of nitrogens with zero attached hydrogens (tertiary/aromatic N) is 2. The molecule has 0 aliphatic carbocycles. The Labute approximate surface area is 125 Å². The summed E-state index contributed by atoms with van der Waals surface area (Å²) in [4.78, 5) is 7.09. The molecule has 0 amide bonds. The molecule has 2 nitrogen and oxygen atoms in total. The van der Waals surface area contributed by atoms with Gasteiger partial charge in [-0.2, -0.15) is 0 Å². The SMILES string of the molecule is Cc1ccsc1CN(C)c1ccnc2c(F)ccc(F)c12. The summed E-state index contributed by atoms with van der Waals surface area (Å²) in [6.45, 7) is 2.70. The van der Waals surface area contributed by atoms with Gasteiger partial charge in [-0.1, -0.05) is 0 Å². The topological polar surface area (TPSA) is 16.1 Å². The molecule has 21 heavy (non-hydrogen) atoms. The normalized spacial score (nSPS) is 11.0. The van der Waals surface area contributed by atoms with E-state index >= 15 is 0 Å². The molecule has 0 unspecified atom stereocenters. The van der Waals surface area contributed by atoms with Crippen molar-refractivity contribution in [1.82, 2.24) is 4.98 Å². The van der Waals surface area contributed by atoms with Crippen molar-refractivity contribution in [2.75, 3.05) is 11.9 Å². The molecule has 0 aliphatic heterocycles. The minimum atomic E-state index is -0.506. The molecule has 0 atom stereocenters. The van der Waals surface area contributed by atoms with Crippen LogP contribution >= 0.6 is 11.3 Å². The number of hydrogen-bond acceptors (Lipinski definition) is 3. The highest BCUT2D eigenvalue weighted by Crippen LogP contribution is 2.30. The van der Waals surface area contributed by atoms with Crippen molar-refractivity contribution in [3.05, 3.63) is 57.9 Å². The Morgan fingerprint density at radius 1 is 1.14 bits per heavy atom. The van der Waals surface area contributed by atoms with Crippen molar-refractivity contribution in [2.45, 2.75) is 13.5 Å². The standard InChI is InChI=1S/C16H14F2N2S/c1-10-6-8-21-14(10)9-20(2)13-5-7-19-16-12(18)4-3-11(17)15(13)16/h3-8H,9H2,1-2H3. The predicted octanol–water partition coefficient (Wildman–Crippen LogP) is 4.52. The first-order valence-corrected chi connectivity index (χ1v) is 7.42. The highest BCUT2D eigenvalue weighted by atomic mass is 32.1. The van der Waals surface area contributed by atoms with Crippen LogP contribution in [0.4, 0.5) is 14.5 Å². The summed E-state index contributed by atoms with van der Waals surface area (Å²) in [5, 5.41) is 2.26. The van der Waals surface area contributed by atoms with Gasteiger partial charge in [-0.25, -0.2) is 8.78 Å². The first kappa shape index (κ1) is 13.9. The molecule has 3 rings (SSSR count). The van der Waals surface area contributed by atoms with Crippen molar-refractivity contribution in [3.63, 3.8) is 0 Å². The van der Waals surface area contributed by atoms with E-state index in [-0.39, 0.29) is 10.9 Å². The van der Waals surface area contributed by atoms with E-state index in [1.807, 2.05) is 24.3 Å². The fraction of sp³-hybridized carbons (Fsp3) is 0.188. The number of thiophene rings is 1. The number of aryl methyl sites for hydroxylation is 1. The molecule has 5 heteroatoms. The number of hydrogen-bond donors (Lipinski definition) is 0. The highest BCUT2D eigenvalue weighted by Gasteiger charge is 2.15. The molecule has 0 saturated carbocycles. The van der Waals surface area contributed by atoms with Crippen LogP contribution in [0.15, 0.2) is 35.8 Å². The smallest absolute Gasteiger partial charge is 0.149 e. The summed E-state index contributed by atoms with van der Waals surface area (Å²) < 4.78 is 27.9. The van der Waals surface area contributed by atoms with E-state index in [2.05, 4.69) is 11.1 Å². The van der Waals surface area contributed by atoms with E-state index < -0.39 is 11.6 Å².